The number of alkyl halides is 3. The van der Waals surface area contributed by atoms with E-state index in [9.17, 15) is 13.2 Å². The van der Waals surface area contributed by atoms with Crippen LogP contribution >= 0.6 is 24.0 Å². The summed E-state index contributed by atoms with van der Waals surface area (Å²) in [5.41, 5.74) is 5.89. The summed E-state index contributed by atoms with van der Waals surface area (Å²) >= 11 is 0. The first-order valence-electron chi connectivity index (χ1n) is 7.97. The van der Waals surface area contributed by atoms with Crippen LogP contribution in [-0.4, -0.2) is 43.4 Å². The molecule has 1 aromatic carbocycles. The monoisotopic (exact) mass is 472 g/mol. The van der Waals surface area contributed by atoms with Crippen LogP contribution in [0.25, 0.3) is 0 Å². The Hall–Kier alpha value is -1.23. The van der Waals surface area contributed by atoms with Crippen LogP contribution in [0.1, 0.15) is 19.8 Å². The molecule has 0 saturated carbocycles. The first kappa shape index (κ1) is 21.8. The fraction of sp³-hybridized carbons (Fsp3) is 0.562. The topological polar surface area (TPSA) is 62.9 Å². The molecule has 1 aliphatic heterocycles. The third-order valence-corrected chi connectivity index (χ3v) is 3.81. The molecule has 0 radical (unpaired) electrons. The lowest BCUT2D eigenvalue weighted by molar-refractivity contribution is -0.274. The number of hydrogen-bond donors (Lipinski definition) is 2. The lowest BCUT2D eigenvalue weighted by Crippen LogP contribution is -2.36. The van der Waals surface area contributed by atoms with Crippen molar-refractivity contribution in [2.75, 3.05) is 31.5 Å². The smallest absolute Gasteiger partial charge is 0.404 e. The number of benzene rings is 1. The minimum Gasteiger partial charge on any atom is -0.404 e. The Balaban J connectivity index is 0.00000312. The summed E-state index contributed by atoms with van der Waals surface area (Å²) in [5, 5.41) is 2.66. The number of para-hydroxylation sites is 2. The molecule has 0 amide bonds. The van der Waals surface area contributed by atoms with Gasteiger partial charge in [0.1, 0.15) is 0 Å². The molecule has 0 aromatic heterocycles. The maximum Gasteiger partial charge on any atom is 0.573 e. The molecular weight excluding hydrogens is 448 g/mol. The largest absolute Gasteiger partial charge is 0.573 e. The average Bonchev–Trinajstić information content (AvgIpc) is 2.48. The highest BCUT2D eigenvalue weighted by Gasteiger charge is 2.32. The normalized spacial score (nSPS) is 19.2. The number of halogens is 4. The van der Waals surface area contributed by atoms with Gasteiger partial charge in [0.05, 0.1) is 12.2 Å². The summed E-state index contributed by atoms with van der Waals surface area (Å²) < 4.78 is 41.1. The molecule has 9 heteroatoms. The van der Waals surface area contributed by atoms with E-state index >= 15 is 0 Å². The molecular formula is C16H24F3IN4O. The summed E-state index contributed by atoms with van der Waals surface area (Å²) in [7, 11) is 0. The van der Waals surface area contributed by atoms with E-state index in [2.05, 4.69) is 26.9 Å². The number of ether oxygens (including phenoxy) is 1. The van der Waals surface area contributed by atoms with Gasteiger partial charge in [-0.1, -0.05) is 19.1 Å². The van der Waals surface area contributed by atoms with Crippen molar-refractivity contribution in [1.82, 2.24) is 4.90 Å². The summed E-state index contributed by atoms with van der Waals surface area (Å²) in [6, 6.07) is 5.72. The number of rotatable bonds is 5. The van der Waals surface area contributed by atoms with Gasteiger partial charge in [0, 0.05) is 13.1 Å². The highest BCUT2D eigenvalue weighted by atomic mass is 127. The Morgan fingerprint density at radius 2 is 2.12 bits per heavy atom. The summed E-state index contributed by atoms with van der Waals surface area (Å²) in [5.74, 6) is 0.413. The van der Waals surface area contributed by atoms with Gasteiger partial charge in [-0.15, -0.1) is 37.1 Å². The van der Waals surface area contributed by atoms with E-state index in [1.165, 1.54) is 31.0 Å². The Morgan fingerprint density at radius 3 is 2.80 bits per heavy atom. The van der Waals surface area contributed by atoms with E-state index in [1.54, 1.807) is 6.07 Å². The number of anilines is 1. The molecule has 1 atom stereocenters. The van der Waals surface area contributed by atoms with Crippen LogP contribution in [0.5, 0.6) is 5.75 Å². The molecule has 1 unspecified atom stereocenters. The van der Waals surface area contributed by atoms with Gasteiger partial charge in [-0.2, -0.15) is 0 Å². The SMILES string of the molecule is CC1CCCN(CCN=C(N)Nc2ccccc2OC(F)(F)F)C1.I. The van der Waals surface area contributed by atoms with Crippen molar-refractivity contribution in [3.05, 3.63) is 24.3 Å². The Bertz CT molecular complexity index is 569. The van der Waals surface area contributed by atoms with E-state index < -0.39 is 6.36 Å². The van der Waals surface area contributed by atoms with Crippen molar-refractivity contribution in [2.45, 2.75) is 26.1 Å². The Labute approximate surface area is 162 Å². The van der Waals surface area contributed by atoms with Crippen LogP contribution in [0, 0.1) is 5.92 Å². The van der Waals surface area contributed by atoms with Crippen molar-refractivity contribution < 1.29 is 17.9 Å². The molecule has 0 aliphatic carbocycles. The number of nitrogens with one attached hydrogen (secondary N) is 1. The van der Waals surface area contributed by atoms with Crippen LogP contribution < -0.4 is 15.8 Å². The molecule has 2 rings (SSSR count). The molecule has 1 aliphatic rings. The maximum absolute atomic E-state index is 12.4. The van der Waals surface area contributed by atoms with E-state index in [-0.39, 0.29) is 41.4 Å². The predicted molar refractivity (Wildman–Crippen MR) is 103 cm³/mol. The van der Waals surface area contributed by atoms with Gasteiger partial charge >= 0.3 is 6.36 Å². The zero-order chi connectivity index (χ0) is 17.6. The standard InChI is InChI=1S/C16H23F3N4O.HI/c1-12-5-4-9-23(11-12)10-8-21-15(20)22-13-6-2-3-7-14(13)24-16(17,18)19;/h2-3,6-7,12H,4-5,8-11H2,1H3,(H3,20,21,22);1H. The van der Waals surface area contributed by atoms with Crippen LogP contribution in [0.2, 0.25) is 0 Å². The molecule has 1 fully saturated rings. The number of piperidine rings is 1. The second-order valence-electron chi connectivity index (χ2n) is 5.98. The van der Waals surface area contributed by atoms with Crippen LogP contribution in [0.4, 0.5) is 18.9 Å². The highest BCUT2D eigenvalue weighted by molar-refractivity contribution is 14.0. The van der Waals surface area contributed by atoms with Crippen LogP contribution in [-0.2, 0) is 0 Å². The predicted octanol–water partition coefficient (Wildman–Crippen LogP) is 3.66. The lowest BCUT2D eigenvalue weighted by Gasteiger charge is -2.30. The van der Waals surface area contributed by atoms with Crippen molar-refractivity contribution in [3.8, 4) is 5.75 Å². The van der Waals surface area contributed by atoms with Gasteiger partial charge in [0.2, 0.25) is 0 Å². The molecule has 3 N–H and O–H groups in total. The van der Waals surface area contributed by atoms with E-state index in [0.29, 0.717) is 12.5 Å². The summed E-state index contributed by atoms with van der Waals surface area (Å²) in [6.45, 7) is 5.60. The van der Waals surface area contributed by atoms with E-state index in [0.717, 1.165) is 19.6 Å². The Morgan fingerprint density at radius 1 is 1.40 bits per heavy atom. The second kappa shape index (κ2) is 10.0. The fourth-order valence-corrected chi connectivity index (χ4v) is 2.76. The summed E-state index contributed by atoms with van der Waals surface area (Å²) in [6.07, 6.45) is -2.32. The molecule has 142 valence electrons. The molecule has 1 aromatic rings. The highest BCUT2D eigenvalue weighted by Crippen LogP contribution is 2.29. The van der Waals surface area contributed by atoms with Crippen LogP contribution in [0.15, 0.2) is 29.3 Å². The zero-order valence-electron chi connectivity index (χ0n) is 14.1. The molecule has 1 heterocycles. The van der Waals surface area contributed by atoms with Gasteiger partial charge in [-0.25, -0.2) is 0 Å². The molecule has 0 spiro atoms. The quantitative estimate of drug-likeness (QED) is 0.390. The lowest BCUT2D eigenvalue weighted by atomic mass is 10.0. The number of aliphatic imine (C=N–C) groups is 1. The van der Waals surface area contributed by atoms with Gasteiger partial charge < -0.3 is 20.7 Å². The van der Waals surface area contributed by atoms with Crippen LogP contribution in [0.3, 0.4) is 0 Å². The number of hydrogen-bond acceptors (Lipinski definition) is 3. The number of nitrogens with zero attached hydrogens (tertiary/aromatic N) is 2. The summed E-state index contributed by atoms with van der Waals surface area (Å²) in [4.78, 5) is 6.51. The average molecular weight is 472 g/mol. The van der Waals surface area contributed by atoms with Crippen molar-refractivity contribution in [2.24, 2.45) is 16.6 Å². The van der Waals surface area contributed by atoms with Gasteiger partial charge in [-0.05, 0) is 37.4 Å². The van der Waals surface area contributed by atoms with E-state index in [4.69, 9.17) is 5.73 Å². The van der Waals surface area contributed by atoms with Crippen molar-refractivity contribution in [1.29, 1.82) is 0 Å². The first-order chi connectivity index (χ1) is 11.3. The van der Waals surface area contributed by atoms with Crippen molar-refractivity contribution in [3.63, 3.8) is 0 Å². The molecule has 5 nitrogen and oxygen atoms in total. The number of nitrogens with two attached hydrogens (primary N) is 1. The second-order valence-corrected chi connectivity index (χ2v) is 5.98. The Kier molecular flexibility index (Phi) is 8.77. The molecule has 25 heavy (non-hydrogen) atoms. The minimum atomic E-state index is -4.76. The third-order valence-electron chi connectivity index (χ3n) is 3.81. The first-order valence-corrected chi connectivity index (χ1v) is 7.97. The maximum atomic E-state index is 12.4. The number of guanidine groups is 1. The molecule has 1 saturated heterocycles. The third kappa shape index (κ3) is 8.13. The van der Waals surface area contributed by atoms with Gasteiger partial charge in [0.25, 0.3) is 0 Å². The molecule has 0 bridgehead atoms. The number of likely N-dealkylation sites (tertiary alicyclic amines) is 1. The van der Waals surface area contributed by atoms with E-state index in [1.807, 2.05) is 0 Å². The van der Waals surface area contributed by atoms with Gasteiger partial charge in [0.15, 0.2) is 11.7 Å². The van der Waals surface area contributed by atoms with Crippen molar-refractivity contribution >= 4 is 35.6 Å². The minimum absolute atomic E-state index is 0. The fourth-order valence-electron chi connectivity index (χ4n) is 2.76. The van der Waals surface area contributed by atoms with Gasteiger partial charge in [-0.3, -0.25) is 4.99 Å². The zero-order valence-corrected chi connectivity index (χ0v) is 16.4.